The van der Waals surface area contributed by atoms with E-state index in [1.54, 1.807) is 0 Å². The molecule has 0 saturated carbocycles. The Kier molecular flexibility index (Phi) is 2.65. The zero-order chi connectivity index (χ0) is 9.14. The second-order valence-corrected chi connectivity index (χ2v) is 2.85. The molecule has 1 rings (SSSR count). The number of nitrogens with one attached hydrogen (secondary N) is 1. The van der Waals surface area contributed by atoms with Crippen LogP contribution in [0, 0.1) is 0 Å². The molecule has 1 aliphatic rings. The van der Waals surface area contributed by atoms with E-state index in [2.05, 4.69) is 5.32 Å². The first kappa shape index (κ1) is 8.99. The van der Waals surface area contributed by atoms with Crippen LogP contribution in [0.2, 0.25) is 0 Å². The van der Waals surface area contributed by atoms with E-state index in [0.29, 0.717) is 19.6 Å². The van der Waals surface area contributed by atoms with E-state index >= 15 is 0 Å². The van der Waals surface area contributed by atoms with Gasteiger partial charge >= 0.3 is 11.8 Å². The number of rotatable bonds is 2. The lowest BCUT2D eigenvalue weighted by Crippen LogP contribution is -2.57. The molecule has 1 saturated heterocycles. The van der Waals surface area contributed by atoms with E-state index in [1.165, 1.54) is 4.90 Å². The molecule has 68 valence electrons. The third kappa shape index (κ3) is 1.55. The van der Waals surface area contributed by atoms with Gasteiger partial charge in [0.2, 0.25) is 0 Å². The molecule has 12 heavy (non-hydrogen) atoms. The highest BCUT2D eigenvalue weighted by molar-refractivity contribution is 6.35. The zero-order valence-electron chi connectivity index (χ0n) is 7.04. The molecule has 0 aromatic heterocycles. The molecule has 0 radical (unpaired) electrons. The van der Waals surface area contributed by atoms with E-state index in [4.69, 9.17) is 5.73 Å². The van der Waals surface area contributed by atoms with Gasteiger partial charge in [-0.05, 0) is 6.92 Å². The summed E-state index contributed by atoms with van der Waals surface area (Å²) in [4.78, 5) is 23.6. The molecule has 1 unspecified atom stereocenters. The molecule has 0 spiro atoms. The molecule has 1 atom stereocenters. The minimum absolute atomic E-state index is 0.0544. The largest absolute Gasteiger partial charge is 0.346 e. The third-order valence-corrected chi connectivity index (χ3v) is 1.92. The molecule has 5 nitrogen and oxygen atoms in total. The summed E-state index contributed by atoms with van der Waals surface area (Å²) in [5, 5.41) is 2.50. The van der Waals surface area contributed by atoms with Crippen molar-refractivity contribution in [2.45, 2.75) is 13.0 Å². The van der Waals surface area contributed by atoms with Crippen molar-refractivity contribution in [3.05, 3.63) is 0 Å². The monoisotopic (exact) mass is 171 g/mol. The Labute approximate surface area is 70.9 Å². The predicted molar refractivity (Wildman–Crippen MR) is 43.2 cm³/mol. The van der Waals surface area contributed by atoms with Crippen LogP contribution in [-0.4, -0.2) is 42.4 Å². The molecule has 3 N–H and O–H groups in total. The first-order valence-electron chi connectivity index (χ1n) is 3.95. The van der Waals surface area contributed by atoms with Crippen molar-refractivity contribution in [2.24, 2.45) is 5.73 Å². The van der Waals surface area contributed by atoms with Gasteiger partial charge < -0.3 is 16.0 Å². The lowest BCUT2D eigenvalue weighted by molar-refractivity contribution is -0.150. The zero-order valence-corrected chi connectivity index (χ0v) is 7.04. The van der Waals surface area contributed by atoms with Crippen LogP contribution in [0.15, 0.2) is 0 Å². The Balaban J connectivity index is 2.65. The maximum Gasteiger partial charge on any atom is 0.312 e. The van der Waals surface area contributed by atoms with Gasteiger partial charge in [0.25, 0.3) is 0 Å². The normalized spacial score (nSPS) is 24.2. The van der Waals surface area contributed by atoms with Crippen molar-refractivity contribution in [2.75, 3.05) is 19.6 Å². The van der Waals surface area contributed by atoms with Crippen molar-refractivity contribution in [1.29, 1.82) is 0 Å². The summed E-state index contributed by atoms with van der Waals surface area (Å²) in [6.45, 7) is 3.24. The van der Waals surface area contributed by atoms with Crippen LogP contribution in [0.25, 0.3) is 0 Å². The third-order valence-electron chi connectivity index (χ3n) is 1.92. The van der Waals surface area contributed by atoms with Crippen LogP contribution in [0.4, 0.5) is 0 Å². The summed E-state index contributed by atoms with van der Waals surface area (Å²) < 4.78 is 0. The SMILES string of the molecule is CC1CNC(=O)C(=O)N1CCN. The number of hydrogen-bond donors (Lipinski definition) is 2. The maximum absolute atomic E-state index is 11.2. The van der Waals surface area contributed by atoms with Crippen molar-refractivity contribution < 1.29 is 9.59 Å². The van der Waals surface area contributed by atoms with Gasteiger partial charge in [-0.25, -0.2) is 0 Å². The Morgan fingerprint density at radius 3 is 2.92 bits per heavy atom. The number of amides is 2. The van der Waals surface area contributed by atoms with Crippen LogP contribution in [-0.2, 0) is 9.59 Å². The second-order valence-electron chi connectivity index (χ2n) is 2.85. The molecule has 1 heterocycles. The van der Waals surface area contributed by atoms with E-state index in [9.17, 15) is 9.59 Å². The van der Waals surface area contributed by atoms with Gasteiger partial charge in [-0.3, -0.25) is 9.59 Å². The van der Waals surface area contributed by atoms with Gasteiger partial charge in [-0.15, -0.1) is 0 Å². The van der Waals surface area contributed by atoms with Crippen LogP contribution < -0.4 is 11.1 Å². The predicted octanol–water partition coefficient (Wildman–Crippen LogP) is -1.71. The summed E-state index contributed by atoms with van der Waals surface area (Å²) in [5.41, 5.74) is 5.30. The summed E-state index contributed by atoms with van der Waals surface area (Å²) in [5.74, 6) is -0.999. The average molecular weight is 171 g/mol. The fourth-order valence-corrected chi connectivity index (χ4v) is 1.22. The molecule has 1 fully saturated rings. The fraction of sp³-hybridized carbons (Fsp3) is 0.714. The van der Waals surface area contributed by atoms with Crippen molar-refractivity contribution in [1.82, 2.24) is 10.2 Å². The smallest absolute Gasteiger partial charge is 0.312 e. The molecule has 2 amide bonds. The van der Waals surface area contributed by atoms with Gasteiger partial charge in [0.05, 0.1) is 0 Å². The Hall–Kier alpha value is -1.10. The summed E-state index contributed by atoms with van der Waals surface area (Å²) in [7, 11) is 0. The molecule has 0 bridgehead atoms. The highest BCUT2D eigenvalue weighted by Gasteiger charge is 2.30. The van der Waals surface area contributed by atoms with Gasteiger partial charge in [-0.2, -0.15) is 0 Å². The van der Waals surface area contributed by atoms with Gasteiger partial charge in [0, 0.05) is 25.7 Å². The first-order valence-corrected chi connectivity index (χ1v) is 3.95. The molecule has 1 aliphatic heterocycles. The number of hydrogen-bond acceptors (Lipinski definition) is 3. The van der Waals surface area contributed by atoms with E-state index in [1.807, 2.05) is 6.92 Å². The van der Waals surface area contributed by atoms with Crippen LogP contribution >= 0.6 is 0 Å². The summed E-state index contributed by atoms with van der Waals surface area (Å²) >= 11 is 0. The molecule has 0 aromatic rings. The standard InChI is InChI=1S/C7H13N3O2/c1-5-4-9-6(11)7(12)10(5)3-2-8/h5H,2-4,8H2,1H3,(H,9,11). The topological polar surface area (TPSA) is 75.4 Å². The van der Waals surface area contributed by atoms with Gasteiger partial charge in [0.15, 0.2) is 0 Å². The van der Waals surface area contributed by atoms with Crippen LogP contribution in [0.5, 0.6) is 0 Å². The summed E-state index contributed by atoms with van der Waals surface area (Å²) in [6.07, 6.45) is 0. The van der Waals surface area contributed by atoms with Crippen LogP contribution in [0.3, 0.4) is 0 Å². The molecule has 0 aromatic carbocycles. The van der Waals surface area contributed by atoms with Crippen molar-refractivity contribution in [3.8, 4) is 0 Å². The second kappa shape index (κ2) is 3.53. The Morgan fingerprint density at radius 2 is 2.33 bits per heavy atom. The minimum Gasteiger partial charge on any atom is -0.346 e. The first-order chi connectivity index (χ1) is 5.66. The Bertz CT molecular complexity index is 205. The number of carbonyl (C=O) groups excluding carboxylic acids is 2. The number of nitrogens with zero attached hydrogens (tertiary/aromatic N) is 1. The highest BCUT2D eigenvalue weighted by atomic mass is 16.2. The molecular formula is C7H13N3O2. The average Bonchev–Trinajstić information content (AvgIpc) is 2.06. The minimum atomic E-state index is -0.526. The lowest BCUT2D eigenvalue weighted by atomic mass is 10.2. The van der Waals surface area contributed by atoms with Gasteiger partial charge in [-0.1, -0.05) is 0 Å². The van der Waals surface area contributed by atoms with E-state index in [-0.39, 0.29) is 6.04 Å². The van der Waals surface area contributed by atoms with Crippen molar-refractivity contribution >= 4 is 11.8 Å². The van der Waals surface area contributed by atoms with Crippen molar-refractivity contribution in [3.63, 3.8) is 0 Å². The molecule has 0 aliphatic carbocycles. The number of piperazine rings is 1. The van der Waals surface area contributed by atoms with Gasteiger partial charge in [0.1, 0.15) is 0 Å². The quantitative estimate of drug-likeness (QED) is 0.486. The van der Waals surface area contributed by atoms with E-state index in [0.717, 1.165) is 0 Å². The Morgan fingerprint density at radius 1 is 1.67 bits per heavy atom. The van der Waals surface area contributed by atoms with E-state index < -0.39 is 11.8 Å². The van der Waals surface area contributed by atoms with Crippen LogP contribution in [0.1, 0.15) is 6.92 Å². The summed E-state index contributed by atoms with van der Waals surface area (Å²) in [6, 6.07) is 0.0544. The number of carbonyl (C=O) groups is 2. The highest BCUT2D eigenvalue weighted by Crippen LogP contribution is 2.02. The number of nitrogens with two attached hydrogens (primary N) is 1. The fourth-order valence-electron chi connectivity index (χ4n) is 1.22. The molecular weight excluding hydrogens is 158 g/mol. The lowest BCUT2D eigenvalue weighted by Gasteiger charge is -2.32. The molecule has 5 heteroatoms. The maximum atomic E-state index is 11.2.